The van der Waals surface area contributed by atoms with Crippen LogP contribution in [0.25, 0.3) is 0 Å². The number of likely N-dealkylation sites (tertiary alicyclic amines) is 1. The monoisotopic (exact) mass is 282 g/mol. The van der Waals surface area contributed by atoms with Crippen LogP contribution in [-0.2, 0) is 9.59 Å². The quantitative estimate of drug-likeness (QED) is 0.819. The van der Waals surface area contributed by atoms with Crippen molar-refractivity contribution < 1.29 is 14.7 Å². The minimum absolute atomic E-state index is 0.0589. The fourth-order valence-corrected chi connectivity index (χ4v) is 3.65. The van der Waals surface area contributed by atoms with E-state index < -0.39 is 12.0 Å². The van der Waals surface area contributed by atoms with Crippen molar-refractivity contribution in [3.05, 3.63) is 0 Å². The lowest BCUT2D eigenvalue weighted by Gasteiger charge is -2.41. The predicted octanol–water partition coefficient (Wildman–Crippen LogP) is 1.48. The van der Waals surface area contributed by atoms with Crippen LogP contribution < -0.4 is 5.32 Å². The van der Waals surface area contributed by atoms with E-state index in [1.807, 2.05) is 0 Å². The zero-order valence-corrected chi connectivity index (χ0v) is 12.5. The van der Waals surface area contributed by atoms with Gasteiger partial charge in [-0.1, -0.05) is 20.3 Å². The molecule has 2 heterocycles. The van der Waals surface area contributed by atoms with Crippen LogP contribution in [0.15, 0.2) is 0 Å². The molecule has 20 heavy (non-hydrogen) atoms. The number of rotatable bonds is 4. The zero-order chi connectivity index (χ0) is 14.8. The largest absolute Gasteiger partial charge is 0.480 e. The van der Waals surface area contributed by atoms with Gasteiger partial charge in [0.25, 0.3) is 0 Å². The smallest absolute Gasteiger partial charge is 0.326 e. The Hall–Kier alpha value is -1.10. The molecule has 0 aromatic heterocycles. The van der Waals surface area contributed by atoms with Gasteiger partial charge in [0.15, 0.2) is 0 Å². The van der Waals surface area contributed by atoms with Gasteiger partial charge in [-0.2, -0.15) is 0 Å². The number of carboxylic acids is 1. The SMILES string of the molecule is CCCC1(C(=O)N2CCC(C)CC2C(=O)O)CCNC1. The maximum absolute atomic E-state index is 13.0. The average molecular weight is 282 g/mol. The Morgan fingerprint density at radius 2 is 2.20 bits per heavy atom. The van der Waals surface area contributed by atoms with Crippen LogP contribution >= 0.6 is 0 Å². The van der Waals surface area contributed by atoms with E-state index in [1.54, 1.807) is 4.90 Å². The highest BCUT2D eigenvalue weighted by Gasteiger charge is 2.46. The van der Waals surface area contributed by atoms with Gasteiger partial charge in [-0.05, 0) is 38.1 Å². The summed E-state index contributed by atoms with van der Waals surface area (Å²) in [4.78, 5) is 26.1. The van der Waals surface area contributed by atoms with E-state index in [2.05, 4.69) is 19.2 Å². The molecule has 0 aliphatic carbocycles. The molecule has 5 heteroatoms. The van der Waals surface area contributed by atoms with Gasteiger partial charge >= 0.3 is 5.97 Å². The van der Waals surface area contributed by atoms with Crippen molar-refractivity contribution in [1.82, 2.24) is 10.2 Å². The predicted molar refractivity (Wildman–Crippen MR) is 76.4 cm³/mol. The van der Waals surface area contributed by atoms with E-state index in [9.17, 15) is 14.7 Å². The molecule has 3 unspecified atom stereocenters. The van der Waals surface area contributed by atoms with Crippen LogP contribution in [-0.4, -0.2) is 47.6 Å². The van der Waals surface area contributed by atoms with Gasteiger partial charge in [0.1, 0.15) is 6.04 Å². The Labute approximate surface area is 120 Å². The Kier molecular flexibility index (Phi) is 4.68. The molecule has 2 aliphatic heterocycles. The van der Waals surface area contributed by atoms with Crippen molar-refractivity contribution in [2.75, 3.05) is 19.6 Å². The highest BCUT2D eigenvalue weighted by molar-refractivity contribution is 5.88. The third-order valence-corrected chi connectivity index (χ3v) is 4.84. The first kappa shape index (κ1) is 15.3. The first-order valence-corrected chi connectivity index (χ1v) is 7.75. The van der Waals surface area contributed by atoms with E-state index in [4.69, 9.17) is 0 Å². The second-order valence-corrected chi connectivity index (χ2v) is 6.44. The molecular weight excluding hydrogens is 256 g/mol. The summed E-state index contributed by atoms with van der Waals surface area (Å²) in [5.74, 6) is -0.421. The highest BCUT2D eigenvalue weighted by atomic mass is 16.4. The van der Waals surface area contributed by atoms with Crippen molar-refractivity contribution in [1.29, 1.82) is 0 Å². The summed E-state index contributed by atoms with van der Waals surface area (Å²) in [6.45, 7) is 6.28. The molecule has 2 fully saturated rings. The molecular formula is C15H26N2O3. The van der Waals surface area contributed by atoms with E-state index in [1.165, 1.54) is 0 Å². The molecule has 0 radical (unpaired) electrons. The number of piperidine rings is 1. The maximum atomic E-state index is 13.0. The maximum Gasteiger partial charge on any atom is 0.326 e. The van der Waals surface area contributed by atoms with Gasteiger partial charge in [-0.15, -0.1) is 0 Å². The van der Waals surface area contributed by atoms with Crippen LogP contribution in [0.3, 0.4) is 0 Å². The highest BCUT2D eigenvalue weighted by Crippen LogP contribution is 2.36. The number of hydrogen-bond donors (Lipinski definition) is 2. The number of amides is 1. The third-order valence-electron chi connectivity index (χ3n) is 4.84. The summed E-state index contributed by atoms with van der Waals surface area (Å²) in [7, 11) is 0. The lowest BCUT2D eigenvalue weighted by molar-refractivity contribution is -0.158. The van der Waals surface area contributed by atoms with Crippen molar-refractivity contribution >= 4 is 11.9 Å². The van der Waals surface area contributed by atoms with Gasteiger partial charge in [-0.3, -0.25) is 4.79 Å². The van der Waals surface area contributed by atoms with Crippen LogP contribution in [0, 0.1) is 11.3 Å². The van der Waals surface area contributed by atoms with Gasteiger partial charge in [0.05, 0.1) is 5.41 Å². The molecule has 114 valence electrons. The summed E-state index contributed by atoms with van der Waals surface area (Å²) in [6, 6.07) is -0.638. The molecule has 0 aromatic rings. The molecule has 1 amide bonds. The molecule has 0 bridgehead atoms. The Balaban J connectivity index is 2.18. The summed E-state index contributed by atoms with van der Waals surface area (Å²) in [6.07, 6.45) is 4.12. The van der Waals surface area contributed by atoms with E-state index in [0.29, 0.717) is 25.4 Å². The average Bonchev–Trinajstić information content (AvgIpc) is 2.88. The van der Waals surface area contributed by atoms with Gasteiger partial charge in [-0.25, -0.2) is 4.79 Å². The molecule has 2 rings (SSSR count). The number of hydrogen-bond acceptors (Lipinski definition) is 3. The first-order valence-electron chi connectivity index (χ1n) is 7.75. The van der Waals surface area contributed by atoms with Crippen LogP contribution in [0.4, 0.5) is 0 Å². The number of nitrogens with one attached hydrogen (secondary N) is 1. The molecule has 0 spiro atoms. The van der Waals surface area contributed by atoms with Gasteiger partial charge in [0, 0.05) is 13.1 Å². The second kappa shape index (κ2) is 6.12. The molecule has 2 saturated heterocycles. The van der Waals surface area contributed by atoms with Crippen molar-refractivity contribution in [2.24, 2.45) is 11.3 Å². The van der Waals surface area contributed by atoms with Crippen molar-refractivity contribution in [2.45, 2.75) is 52.0 Å². The third kappa shape index (κ3) is 2.82. The Morgan fingerprint density at radius 3 is 2.75 bits per heavy atom. The molecule has 0 aromatic carbocycles. The number of aliphatic carboxylic acids is 1. The Bertz CT molecular complexity index is 377. The van der Waals surface area contributed by atoms with Crippen molar-refractivity contribution in [3.8, 4) is 0 Å². The van der Waals surface area contributed by atoms with Crippen LogP contribution in [0.1, 0.15) is 46.0 Å². The minimum Gasteiger partial charge on any atom is -0.480 e. The first-order chi connectivity index (χ1) is 9.50. The summed E-state index contributed by atoms with van der Waals surface area (Å²) < 4.78 is 0. The topological polar surface area (TPSA) is 69.6 Å². The standard InChI is InChI=1S/C15H26N2O3/c1-3-5-15(6-7-16-10-15)14(20)17-8-4-11(2)9-12(17)13(18)19/h11-12,16H,3-10H2,1-2H3,(H,18,19). The number of carbonyl (C=O) groups excluding carboxylic acids is 1. The van der Waals surface area contributed by atoms with E-state index in [0.717, 1.165) is 32.2 Å². The Morgan fingerprint density at radius 1 is 1.45 bits per heavy atom. The summed E-state index contributed by atoms with van der Waals surface area (Å²) >= 11 is 0. The lowest BCUT2D eigenvalue weighted by Crippen LogP contribution is -2.55. The van der Waals surface area contributed by atoms with Crippen molar-refractivity contribution in [3.63, 3.8) is 0 Å². The molecule has 2 N–H and O–H groups in total. The molecule has 5 nitrogen and oxygen atoms in total. The van der Waals surface area contributed by atoms with Crippen LogP contribution in [0.2, 0.25) is 0 Å². The molecule has 3 atom stereocenters. The fourth-order valence-electron chi connectivity index (χ4n) is 3.65. The number of nitrogens with zero attached hydrogens (tertiary/aromatic N) is 1. The molecule has 2 aliphatic rings. The van der Waals surface area contributed by atoms with Gasteiger partial charge < -0.3 is 15.3 Å². The number of carbonyl (C=O) groups is 2. The molecule has 0 saturated carbocycles. The van der Waals surface area contributed by atoms with Crippen LogP contribution in [0.5, 0.6) is 0 Å². The number of carboxylic acid groups (broad SMARTS) is 1. The van der Waals surface area contributed by atoms with Gasteiger partial charge in [0.2, 0.25) is 5.91 Å². The fraction of sp³-hybridized carbons (Fsp3) is 0.867. The minimum atomic E-state index is -0.859. The summed E-state index contributed by atoms with van der Waals surface area (Å²) in [5.41, 5.74) is -0.372. The lowest BCUT2D eigenvalue weighted by atomic mass is 9.79. The summed E-state index contributed by atoms with van der Waals surface area (Å²) in [5, 5.41) is 12.7. The normalized spacial score (nSPS) is 34.2. The van der Waals surface area contributed by atoms with E-state index >= 15 is 0 Å². The second-order valence-electron chi connectivity index (χ2n) is 6.44. The zero-order valence-electron chi connectivity index (χ0n) is 12.5. The van der Waals surface area contributed by atoms with E-state index in [-0.39, 0.29) is 11.3 Å².